The number of carbonyl (C=O) groups is 1. The molecule has 2 aromatic rings. The molecule has 31 heavy (non-hydrogen) atoms. The van der Waals surface area contributed by atoms with E-state index in [-0.39, 0.29) is 16.3 Å². The van der Waals surface area contributed by atoms with Crippen molar-refractivity contribution in [3.05, 3.63) is 58.4 Å². The van der Waals surface area contributed by atoms with Crippen LogP contribution in [0.4, 0.5) is 15.8 Å². The number of hydrogen-bond donors (Lipinski definition) is 1. The number of sulfonamides is 1. The summed E-state index contributed by atoms with van der Waals surface area (Å²) in [6.07, 6.45) is 1.39. The number of halogens is 1. The second-order valence-corrected chi connectivity index (χ2v) is 9.05. The van der Waals surface area contributed by atoms with Gasteiger partial charge in [-0.1, -0.05) is 12.5 Å². The van der Waals surface area contributed by atoms with Crippen LogP contribution in [0.15, 0.2) is 47.4 Å². The number of nitrogens with one attached hydrogen (secondary N) is 1. The summed E-state index contributed by atoms with van der Waals surface area (Å²) in [7, 11) is -3.67. The Balaban J connectivity index is 1.73. The van der Waals surface area contributed by atoms with E-state index in [1.165, 1.54) is 35.5 Å². The van der Waals surface area contributed by atoms with Crippen molar-refractivity contribution in [1.29, 1.82) is 0 Å². The van der Waals surface area contributed by atoms with E-state index in [1.807, 2.05) is 0 Å². The van der Waals surface area contributed by atoms with Gasteiger partial charge >= 0.3 is 5.69 Å². The highest BCUT2D eigenvalue weighted by Crippen LogP contribution is 2.29. The molecule has 1 N–H and O–H groups in total. The van der Waals surface area contributed by atoms with E-state index >= 15 is 0 Å². The van der Waals surface area contributed by atoms with Crippen LogP contribution in [0, 0.1) is 15.9 Å². The van der Waals surface area contributed by atoms with Gasteiger partial charge in [-0.15, -0.1) is 0 Å². The first-order valence-electron chi connectivity index (χ1n) is 9.70. The molecule has 0 saturated carbocycles. The lowest BCUT2D eigenvalue weighted by atomic mass is 10.2. The van der Waals surface area contributed by atoms with E-state index in [9.17, 15) is 27.7 Å². The van der Waals surface area contributed by atoms with Gasteiger partial charge in [0, 0.05) is 30.9 Å². The maximum atomic E-state index is 13.5. The van der Waals surface area contributed by atoms with Crippen molar-refractivity contribution in [3.8, 4) is 5.75 Å². The fourth-order valence-electron chi connectivity index (χ4n) is 3.21. The monoisotopic (exact) mass is 451 g/mol. The number of rotatable bonds is 7. The van der Waals surface area contributed by atoms with E-state index in [0.717, 1.165) is 37.5 Å². The summed E-state index contributed by atoms with van der Waals surface area (Å²) in [5.41, 5.74) is -0.247. The summed E-state index contributed by atoms with van der Waals surface area (Å²) in [4.78, 5) is 22.9. The van der Waals surface area contributed by atoms with Gasteiger partial charge in [0.25, 0.3) is 5.91 Å². The smallest absolute Gasteiger partial charge is 0.311 e. The fraction of sp³-hybridized carbons (Fsp3) is 0.350. The zero-order valence-electron chi connectivity index (χ0n) is 16.8. The molecule has 3 rings (SSSR count). The highest BCUT2D eigenvalue weighted by atomic mass is 32.2. The molecule has 2 aromatic carbocycles. The summed E-state index contributed by atoms with van der Waals surface area (Å²) in [6, 6.07) is 8.52. The standard InChI is InChI=1S/C20H22FN3O6S/c1-14(30-19-12-15(21)8-9-18(19)24(26)27)20(25)22-16-6-5-7-17(13-16)31(28,29)23-10-3-2-4-11-23/h5-9,12-14H,2-4,10-11H2,1H3,(H,22,25). The number of nitro benzene ring substituents is 1. The fourth-order valence-corrected chi connectivity index (χ4v) is 4.77. The van der Waals surface area contributed by atoms with Crippen molar-refractivity contribution in [2.45, 2.75) is 37.2 Å². The first-order chi connectivity index (χ1) is 14.7. The van der Waals surface area contributed by atoms with Crippen molar-refractivity contribution < 1.29 is 27.3 Å². The molecular formula is C20H22FN3O6S. The van der Waals surface area contributed by atoms with E-state index in [4.69, 9.17) is 4.74 Å². The molecule has 1 unspecified atom stereocenters. The Morgan fingerprint density at radius 2 is 1.90 bits per heavy atom. The molecule has 0 aromatic heterocycles. The molecule has 1 saturated heterocycles. The van der Waals surface area contributed by atoms with Crippen LogP contribution in [0.3, 0.4) is 0 Å². The molecule has 0 spiro atoms. The minimum Gasteiger partial charge on any atom is -0.474 e. The molecule has 166 valence electrons. The molecule has 1 atom stereocenters. The van der Waals surface area contributed by atoms with E-state index < -0.39 is 38.5 Å². The number of carbonyl (C=O) groups excluding carboxylic acids is 1. The summed E-state index contributed by atoms with van der Waals surface area (Å²) in [5.74, 6) is -1.80. The summed E-state index contributed by atoms with van der Waals surface area (Å²) in [5, 5.41) is 13.6. The average molecular weight is 451 g/mol. The van der Waals surface area contributed by atoms with Gasteiger partial charge in [-0.3, -0.25) is 14.9 Å². The van der Waals surface area contributed by atoms with Crippen LogP contribution in [-0.4, -0.2) is 42.7 Å². The summed E-state index contributed by atoms with van der Waals surface area (Å²) >= 11 is 0. The van der Waals surface area contributed by atoms with Crippen LogP contribution in [0.2, 0.25) is 0 Å². The SMILES string of the molecule is CC(Oc1cc(F)ccc1[N+](=O)[O-])C(=O)Nc1cccc(S(=O)(=O)N2CCCCC2)c1. The van der Waals surface area contributed by atoms with E-state index in [1.54, 1.807) is 0 Å². The van der Waals surface area contributed by atoms with Crippen molar-refractivity contribution in [3.63, 3.8) is 0 Å². The first-order valence-corrected chi connectivity index (χ1v) is 11.1. The molecule has 1 fully saturated rings. The van der Waals surface area contributed by atoms with E-state index in [2.05, 4.69) is 5.32 Å². The van der Waals surface area contributed by atoms with Gasteiger partial charge in [-0.25, -0.2) is 12.8 Å². The second kappa shape index (κ2) is 9.40. The molecule has 1 aliphatic heterocycles. The maximum absolute atomic E-state index is 13.5. The predicted molar refractivity (Wildman–Crippen MR) is 111 cm³/mol. The Bertz CT molecular complexity index is 1090. The van der Waals surface area contributed by atoms with Crippen LogP contribution in [0.25, 0.3) is 0 Å². The molecule has 1 heterocycles. The van der Waals surface area contributed by atoms with Crippen molar-refractivity contribution in [2.24, 2.45) is 0 Å². The highest BCUT2D eigenvalue weighted by Gasteiger charge is 2.27. The van der Waals surface area contributed by atoms with Crippen LogP contribution >= 0.6 is 0 Å². The lowest BCUT2D eigenvalue weighted by Crippen LogP contribution is -2.35. The predicted octanol–water partition coefficient (Wildman–Crippen LogP) is 3.31. The zero-order valence-corrected chi connectivity index (χ0v) is 17.6. The van der Waals surface area contributed by atoms with Crippen LogP contribution < -0.4 is 10.1 Å². The van der Waals surface area contributed by atoms with Crippen molar-refractivity contribution in [2.75, 3.05) is 18.4 Å². The summed E-state index contributed by atoms with van der Waals surface area (Å²) in [6.45, 7) is 2.25. The Morgan fingerprint density at radius 1 is 1.19 bits per heavy atom. The van der Waals surface area contributed by atoms with Crippen LogP contribution in [-0.2, 0) is 14.8 Å². The maximum Gasteiger partial charge on any atom is 0.311 e. The molecule has 0 aliphatic carbocycles. The van der Waals surface area contributed by atoms with Gasteiger partial charge in [0.2, 0.25) is 15.8 Å². The third-order valence-electron chi connectivity index (χ3n) is 4.85. The quantitative estimate of drug-likeness (QED) is 0.510. The van der Waals surface area contributed by atoms with Crippen molar-refractivity contribution in [1.82, 2.24) is 4.31 Å². The van der Waals surface area contributed by atoms with Gasteiger partial charge < -0.3 is 10.1 Å². The molecule has 0 bridgehead atoms. The number of ether oxygens (including phenoxy) is 1. The van der Waals surface area contributed by atoms with Crippen LogP contribution in [0.5, 0.6) is 5.75 Å². The summed E-state index contributed by atoms with van der Waals surface area (Å²) < 4.78 is 45.8. The number of nitrogens with zero attached hydrogens (tertiary/aromatic N) is 2. The minimum absolute atomic E-state index is 0.0570. The zero-order chi connectivity index (χ0) is 22.6. The van der Waals surface area contributed by atoms with Gasteiger partial charge in [0.05, 0.1) is 9.82 Å². The third-order valence-corrected chi connectivity index (χ3v) is 6.74. The molecule has 11 heteroatoms. The highest BCUT2D eigenvalue weighted by molar-refractivity contribution is 7.89. The molecule has 9 nitrogen and oxygen atoms in total. The first kappa shape index (κ1) is 22.6. The Hall–Kier alpha value is -3.05. The largest absolute Gasteiger partial charge is 0.474 e. The Labute approximate surface area is 179 Å². The lowest BCUT2D eigenvalue weighted by molar-refractivity contribution is -0.386. The minimum atomic E-state index is -3.67. The third kappa shape index (κ3) is 5.36. The van der Waals surface area contributed by atoms with Gasteiger partial charge in [0.1, 0.15) is 5.82 Å². The molecule has 0 radical (unpaired) electrons. The molecule has 1 aliphatic rings. The Kier molecular flexibility index (Phi) is 6.86. The average Bonchev–Trinajstić information content (AvgIpc) is 2.74. The van der Waals surface area contributed by atoms with Gasteiger partial charge in [-0.05, 0) is 44.0 Å². The van der Waals surface area contributed by atoms with Crippen molar-refractivity contribution >= 4 is 27.3 Å². The number of hydrogen-bond acceptors (Lipinski definition) is 6. The molecule has 1 amide bonds. The number of anilines is 1. The number of piperidine rings is 1. The molecular weight excluding hydrogens is 429 g/mol. The Morgan fingerprint density at radius 3 is 2.58 bits per heavy atom. The number of nitro groups is 1. The number of amides is 1. The van der Waals surface area contributed by atoms with Gasteiger partial charge in [0.15, 0.2) is 6.10 Å². The van der Waals surface area contributed by atoms with Gasteiger partial charge in [-0.2, -0.15) is 4.31 Å². The van der Waals surface area contributed by atoms with Crippen LogP contribution in [0.1, 0.15) is 26.2 Å². The lowest BCUT2D eigenvalue weighted by Gasteiger charge is -2.26. The topological polar surface area (TPSA) is 119 Å². The second-order valence-electron chi connectivity index (χ2n) is 7.11. The number of benzene rings is 2. The normalized spacial score (nSPS) is 15.8. The van der Waals surface area contributed by atoms with E-state index in [0.29, 0.717) is 13.1 Å².